The van der Waals surface area contributed by atoms with E-state index >= 15 is 0 Å². The number of carbonyl (C=O) groups is 1. The summed E-state index contributed by atoms with van der Waals surface area (Å²) in [6.07, 6.45) is 0.665. The van der Waals surface area contributed by atoms with Crippen molar-refractivity contribution in [2.75, 3.05) is 5.32 Å². The molecule has 4 nitrogen and oxygen atoms in total. The summed E-state index contributed by atoms with van der Waals surface area (Å²) in [7, 11) is 0. The van der Waals surface area contributed by atoms with Crippen LogP contribution in [0, 0.1) is 0 Å². The third-order valence-electron chi connectivity index (χ3n) is 3.40. The van der Waals surface area contributed by atoms with E-state index in [1.165, 1.54) is 0 Å². The largest absolute Gasteiger partial charge is 0.342 e. The van der Waals surface area contributed by atoms with Crippen LogP contribution >= 0.6 is 11.8 Å². The maximum Gasteiger partial charge on any atom is 0.288 e. The summed E-state index contributed by atoms with van der Waals surface area (Å²) in [5.41, 5.74) is 2.18. The zero-order valence-corrected chi connectivity index (χ0v) is 13.4. The highest BCUT2D eigenvalue weighted by Crippen LogP contribution is 2.31. The topological polar surface area (TPSA) is 57.8 Å². The maximum absolute atomic E-state index is 12.5. The molecule has 24 heavy (non-hydrogen) atoms. The molecular weight excluding hydrogens is 332 g/mol. The molecule has 0 atom stereocenters. The van der Waals surface area contributed by atoms with E-state index in [4.69, 9.17) is 0 Å². The summed E-state index contributed by atoms with van der Waals surface area (Å²) in [5.74, 6) is -2.04. The van der Waals surface area contributed by atoms with Gasteiger partial charge in [-0.2, -0.15) is 8.78 Å². The molecule has 0 aliphatic heterocycles. The Bertz CT molecular complexity index is 817. The Kier molecular flexibility index (Phi) is 5.10. The van der Waals surface area contributed by atoms with Crippen molar-refractivity contribution in [2.45, 2.75) is 23.5 Å². The minimum atomic E-state index is -2.53. The first kappa shape index (κ1) is 16.4. The van der Waals surface area contributed by atoms with E-state index in [1.807, 2.05) is 24.3 Å². The Labute approximate surface area is 141 Å². The molecule has 1 aromatic heterocycles. The SMILES string of the molecule is O=C(CCc1nc2ccccc2[nH]1)Nc1ccccc1SC(F)F. The van der Waals surface area contributed by atoms with Gasteiger partial charge in [-0.15, -0.1) is 0 Å². The second kappa shape index (κ2) is 7.44. The second-order valence-electron chi connectivity index (χ2n) is 5.12. The first-order chi connectivity index (χ1) is 11.6. The number of thioether (sulfide) groups is 1. The third kappa shape index (κ3) is 4.11. The number of halogens is 2. The molecule has 2 aromatic carbocycles. The number of hydrogen-bond acceptors (Lipinski definition) is 3. The van der Waals surface area contributed by atoms with Crippen LogP contribution in [0.1, 0.15) is 12.2 Å². The van der Waals surface area contributed by atoms with Crippen molar-refractivity contribution in [1.29, 1.82) is 0 Å². The van der Waals surface area contributed by atoms with E-state index in [-0.39, 0.29) is 12.3 Å². The Morgan fingerprint density at radius 1 is 1.17 bits per heavy atom. The van der Waals surface area contributed by atoms with Crippen LogP contribution < -0.4 is 5.32 Å². The molecule has 3 rings (SSSR count). The Balaban J connectivity index is 1.61. The molecule has 0 saturated heterocycles. The highest BCUT2D eigenvalue weighted by atomic mass is 32.2. The number of amides is 1. The standard InChI is InChI=1S/C17H15F2N3OS/c18-17(19)24-14-8-4-3-7-13(14)22-16(23)10-9-15-20-11-5-1-2-6-12(11)21-15/h1-8,17H,9-10H2,(H,20,21)(H,22,23). The van der Waals surface area contributed by atoms with Crippen molar-refractivity contribution in [3.8, 4) is 0 Å². The van der Waals surface area contributed by atoms with Crippen molar-refractivity contribution in [3.63, 3.8) is 0 Å². The lowest BCUT2D eigenvalue weighted by Crippen LogP contribution is -2.13. The van der Waals surface area contributed by atoms with Crippen molar-refractivity contribution in [3.05, 3.63) is 54.4 Å². The van der Waals surface area contributed by atoms with Crippen molar-refractivity contribution in [2.24, 2.45) is 0 Å². The first-order valence-electron chi connectivity index (χ1n) is 7.39. The van der Waals surface area contributed by atoms with E-state index < -0.39 is 5.76 Å². The number of carbonyl (C=O) groups excluding carboxylic acids is 1. The lowest BCUT2D eigenvalue weighted by atomic mass is 10.2. The van der Waals surface area contributed by atoms with Gasteiger partial charge in [-0.3, -0.25) is 4.79 Å². The van der Waals surface area contributed by atoms with E-state index in [9.17, 15) is 13.6 Å². The predicted molar refractivity (Wildman–Crippen MR) is 91.3 cm³/mol. The highest BCUT2D eigenvalue weighted by molar-refractivity contribution is 7.99. The molecule has 0 fully saturated rings. The summed E-state index contributed by atoms with van der Waals surface area (Å²) in [6.45, 7) is 0. The summed E-state index contributed by atoms with van der Waals surface area (Å²) in [5, 5.41) is 2.69. The number of benzene rings is 2. The molecule has 0 spiro atoms. The van der Waals surface area contributed by atoms with E-state index in [2.05, 4.69) is 15.3 Å². The number of rotatable bonds is 6. The van der Waals surface area contributed by atoms with Gasteiger partial charge in [-0.25, -0.2) is 4.98 Å². The number of imidazole rings is 1. The molecule has 0 bridgehead atoms. The molecule has 1 amide bonds. The number of hydrogen-bond donors (Lipinski definition) is 2. The van der Waals surface area contributed by atoms with Crippen LogP contribution in [0.5, 0.6) is 0 Å². The van der Waals surface area contributed by atoms with Crippen molar-refractivity contribution >= 4 is 34.4 Å². The molecule has 0 aliphatic rings. The van der Waals surface area contributed by atoms with Gasteiger partial charge in [0.05, 0.1) is 16.7 Å². The highest BCUT2D eigenvalue weighted by Gasteiger charge is 2.12. The summed E-state index contributed by atoms with van der Waals surface area (Å²) in [4.78, 5) is 20.0. The molecule has 7 heteroatoms. The van der Waals surface area contributed by atoms with Gasteiger partial charge in [0.25, 0.3) is 5.76 Å². The average Bonchev–Trinajstić information content (AvgIpc) is 2.97. The van der Waals surface area contributed by atoms with Gasteiger partial charge < -0.3 is 10.3 Å². The minimum Gasteiger partial charge on any atom is -0.342 e. The third-order valence-corrected chi connectivity index (χ3v) is 4.19. The number of aryl methyl sites for hydroxylation is 1. The quantitative estimate of drug-likeness (QED) is 0.648. The number of fused-ring (bicyclic) bond motifs is 1. The number of anilines is 1. The smallest absolute Gasteiger partial charge is 0.288 e. The monoisotopic (exact) mass is 347 g/mol. The van der Waals surface area contributed by atoms with Gasteiger partial charge in [0.2, 0.25) is 5.91 Å². The van der Waals surface area contributed by atoms with E-state index in [1.54, 1.807) is 24.3 Å². The van der Waals surface area contributed by atoms with Crippen LogP contribution in [0.3, 0.4) is 0 Å². The van der Waals surface area contributed by atoms with Crippen LogP contribution in [-0.4, -0.2) is 21.6 Å². The van der Waals surface area contributed by atoms with Gasteiger partial charge in [0.15, 0.2) is 0 Å². The molecule has 0 saturated carbocycles. The molecule has 0 unspecified atom stereocenters. The number of alkyl halides is 2. The molecule has 1 heterocycles. The fourth-order valence-corrected chi connectivity index (χ4v) is 2.93. The lowest BCUT2D eigenvalue weighted by Gasteiger charge is -2.09. The van der Waals surface area contributed by atoms with E-state index in [0.29, 0.717) is 28.8 Å². The van der Waals surface area contributed by atoms with Crippen LogP contribution in [0.15, 0.2) is 53.4 Å². The van der Waals surface area contributed by atoms with Gasteiger partial charge in [0.1, 0.15) is 5.82 Å². The summed E-state index contributed by atoms with van der Waals surface area (Å²) in [6, 6.07) is 14.2. The number of H-pyrrole nitrogens is 1. The molecule has 124 valence electrons. The normalized spacial score (nSPS) is 11.1. The number of aromatic nitrogens is 2. The van der Waals surface area contributed by atoms with Crippen LogP contribution in [0.4, 0.5) is 14.5 Å². The van der Waals surface area contributed by atoms with Crippen LogP contribution in [0.25, 0.3) is 11.0 Å². The molecule has 3 aromatic rings. The molecule has 2 N–H and O–H groups in total. The molecular formula is C17H15F2N3OS. The second-order valence-corrected chi connectivity index (χ2v) is 6.16. The van der Waals surface area contributed by atoms with Crippen LogP contribution in [-0.2, 0) is 11.2 Å². The fourth-order valence-electron chi connectivity index (χ4n) is 2.34. The fraction of sp³-hybridized carbons (Fsp3) is 0.176. The average molecular weight is 347 g/mol. The van der Waals surface area contributed by atoms with Crippen LogP contribution in [0.2, 0.25) is 0 Å². The Morgan fingerprint density at radius 3 is 2.71 bits per heavy atom. The zero-order chi connectivity index (χ0) is 16.9. The summed E-state index contributed by atoms with van der Waals surface area (Å²) < 4.78 is 25.1. The summed E-state index contributed by atoms with van der Waals surface area (Å²) >= 11 is 0.418. The predicted octanol–water partition coefficient (Wildman–Crippen LogP) is 4.45. The zero-order valence-electron chi connectivity index (χ0n) is 12.6. The molecule has 0 aliphatic carbocycles. The van der Waals surface area contributed by atoms with Gasteiger partial charge in [-0.05, 0) is 24.3 Å². The maximum atomic E-state index is 12.5. The minimum absolute atomic E-state index is 0.216. The van der Waals surface area contributed by atoms with Gasteiger partial charge in [0, 0.05) is 17.7 Å². The number of nitrogens with one attached hydrogen (secondary N) is 2. The Morgan fingerprint density at radius 2 is 1.92 bits per heavy atom. The number of para-hydroxylation sites is 3. The Hall–Kier alpha value is -2.41. The van der Waals surface area contributed by atoms with Crippen molar-refractivity contribution in [1.82, 2.24) is 9.97 Å². The molecule has 0 radical (unpaired) electrons. The van der Waals surface area contributed by atoms with E-state index in [0.717, 1.165) is 16.9 Å². The van der Waals surface area contributed by atoms with Gasteiger partial charge >= 0.3 is 0 Å². The number of aromatic amines is 1. The van der Waals surface area contributed by atoms with Gasteiger partial charge in [-0.1, -0.05) is 36.0 Å². The van der Waals surface area contributed by atoms with Crippen molar-refractivity contribution < 1.29 is 13.6 Å². The number of nitrogens with zero attached hydrogens (tertiary/aromatic N) is 1. The lowest BCUT2D eigenvalue weighted by molar-refractivity contribution is -0.116. The first-order valence-corrected chi connectivity index (χ1v) is 8.27.